The molecule has 8 aromatic rings. The molecule has 2 aromatic heterocycles. The highest BCUT2D eigenvalue weighted by Gasteiger charge is 2.55. The van der Waals surface area contributed by atoms with Crippen molar-refractivity contribution in [1.29, 1.82) is 0 Å². The predicted molar refractivity (Wildman–Crippen MR) is 306 cm³/mol. The molecule has 78 heavy (non-hydrogen) atoms. The molecule has 2 aliphatic heterocycles. The zero-order valence-electron chi connectivity index (χ0n) is 43.1. The minimum atomic E-state index is -1.08. The van der Waals surface area contributed by atoms with Gasteiger partial charge in [0.1, 0.15) is 46.1 Å². The number of carbonyl (C=O) groups excluding carboxylic acids is 4. The monoisotopic (exact) mass is 1090 g/mol. The summed E-state index contributed by atoms with van der Waals surface area (Å²) in [5, 5.41) is 18.9. The molecule has 0 saturated carbocycles. The normalized spacial score (nSPS) is 15.6. The van der Waals surface area contributed by atoms with Crippen molar-refractivity contribution in [2.45, 2.75) is 62.4 Å². The van der Waals surface area contributed by atoms with Crippen LogP contribution in [0.25, 0.3) is 0 Å². The molecule has 2 aliphatic rings. The number of anilines is 2. The minimum Gasteiger partial charge on any atom is -0.461 e. The van der Waals surface area contributed by atoms with Crippen LogP contribution in [0.5, 0.6) is 0 Å². The summed E-state index contributed by atoms with van der Waals surface area (Å²) in [6.45, 7) is 6.10. The average Bonchev–Trinajstić information content (AvgIpc) is 4.14. The van der Waals surface area contributed by atoms with Gasteiger partial charge in [0, 0.05) is 29.0 Å². The molecule has 0 aliphatic carbocycles. The van der Waals surface area contributed by atoms with Crippen molar-refractivity contribution >= 4 is 74.2 Å². The Kier molecular flexibility index (Phi) is 15.7. The van der Waals surface area contributed by atoms with Crippen LogP contribution in [0.2, 0.25) is 0 Å². The molecule has 2 atom stereocenters. The number of nitrogens with one attached hydrogen (secondary N) is 3. The van der Waals surface area contributed by atoms with Crippen molar-refractivity contribution in [2.75, 3.05) is 23.0 Å². The number of β-lactam (4-membered cyclic amide) rings is 1. The minimum absolute atomic E-state index is 0.0118. The number of oxime groups is 1. The van der Waals surface area contributed by atoms with Gasteiger partial charge in [-0.25, -0.2) is 14.8 Å². The zero-order chi connectivity index (χ0) is 54.3. The molecule has 14 nitrogen and oxygen atoms in total. The molecular weight excluding hydrogens is 1040 g/mol. The third-order valence-electron chi connectivity index (χ3n) is 13.1. The van der Waals surface area contributed by atoms with Crippen molar-refractivity contribution in [1.82, 2.24) is 20.2 Å². The van der Waals surface area contributed by atoms with E-state index in [4.69, 9.17) is 24.3 Å². The van der Waals surface area contributed by atoms with Crippen molar-refractivity contribution < 1.29 is 33.5 Å². The van der Waals surface area contributed by atoms with Gasteiger partial charge in [-0.3, -0.25) is 19.3 Å². The molecule has 1 fully saturated rings. The average molecular weight is 1090 g/mol. The van der Waals surface area contributed by atoms with Gasteiger partial charge in [0.25, 0.3) is 11.8 Å². The zero-order valence-corrected chi connectivity index (χ0v) is 45.6. The van der Waals surface area contributed by atoms with E-state index < -0.39 is 51.8 Å². The first-order chi connectivity index (χ1) is 37.8. The molecule has 17 heteroatoms. The Morgan fingerprint density at radius 2 is 1.06 bits per heavy atom. The van der Waals surface area contributed by atoms with E-state index in [1.165, 1.54) is 46.3 Å². The standard InChI is InChI=1S/C61H55N7O7S3/c1-40(69)73-35-41-37-76-55-51(54(71)68(55)52(41)56(72)75-59(2,3)4)64-53(70)50(49-39-78-58(63-49)66-61(45-29-17-8-18-30-45,46-31-19-9-20-32-46)47-33-21-10-22-34-47)67-74-36-48-38-77-57(62-48)65-60(42-23-11-5-12-24-42,43-25-13-6-14-26-43)44-27-15-7-16-28-44/h5-34,38-39,51,55H,35-37H2,1-4H3,(H,62,65)(H,63,66)(H,64,70)/t51-,55-/m1/s1. The van der Waals surface area contributed by atoms with Crippen LogP contribution in [0.15, 0.2) is 209 Å². The molecule has 3 N–H and O–H groups in total. The quantitative estimate of drug-likeness (QED) is 0.0230. The number of ether oxygens (including phenoxy) is 2. The summed E-state index contributed by atoms with van der Waals surface area (Å²) >= 11 is 4.01. The molecule has 2 amide bonds. The van der Waals surface area contributed by atoms with Crippen LogP contribution < -0.4 is 16.0 Å². The Bertz CT molecular complexity index is 3270. The fraction of sp³-hybridized carbons (Fsp3) is 0.197. The van der Waals surface area contributed by atoms with Gasteiger partial charge in [0.05, 0.1) is 5.69 Å². The summed E-state index contributed by atoms with van der Waals surface area (Å²) in [6.07, 6.45) is 0. The molecule has 10 rings (SSSR count). The lowest BCUT2D eigenvalue weighted by atomic mass is 9.77. The van der Waals surface area contributed by atoms with Gasteiger partial charge in [-0.2, -0.15) is 0 Å². The van der Waals surface area contributed by atoms with E-state index in [9.17, 15) is 19.2 Å². The third kappa shape index (κ3) is 11.1. The van der Waals surface area contributed by atoms with Gasteiger partial charge in [-0.15, -0.1) is 34.4 Å². The topological polar surface area (TPSA) is 173 Å². The SMILES string of the molecule is CC(=O)OCC1=C(C(=O)OC(C)(C)C)N2C(=O)[C@@H](NC(=O)C(=NOCc3csc(NC(c4ccccc4)(c4ccccc4)c4ccccc4)n3)c3csc(NC(c4ccccc4)(c4ccccc4)c4ccccc4)n3)[C@H]2SC1. The highest BCUT2D eigenvalue weighted by molar-refractivity contribution is 8.00. The number of fused-ring (bicyclic) bond motifs is 1. The summed E-state index contributed by atoms with van der Waals surface area (Å²) in [7, 11) is 0. The largest absolute Gasteiger partial charge is 0.461 e. The second-order valence-corrected chi connectivity index (χ2v) is 22.3. The maximum atomic E-state index is 14.8. The molecule has 4 heterocycles. The number of esters is 2. The highest BCUT2D eigenvalue weighted by Crippen LogP contribution is 2.44. The Balaban J connectivity index is 0.976. The Labute approximate surface area is 464 Å². The van der Waals surface area contributed by atoms with E-state index in [-0.39, 0.29) is 36.1 Å². The number of benzene rings is 6. The molecule has 394 valence electrons. The second-order valence-electron chi connectivity index (χ2n) is 19.4. The van der Waals surface area contributed by atoms with Gasteiger partial charge >= 0.3 is 11.9 Å². The number of carbonyl (C=O) groups is 4. The van der Waals surface area contributed by atoms with Crippen molar-refractivity contribution in [3.05, 3.63) is 249 Å². The van der Waals surface area contributed by atoms with Crippen LogP contribution in [0.4, 0.5) is 10.3 Å². The van der Waals surface area contributed by atoms with Gasteiger partial charge in [-0.05, 0) is 54.2 Å². The first-order valence-corrected chi connectivity index (χ1v) is 28.0. The van der Waals surface area contributed by atoms with E-state index in [1.807, 2.05) is 115 Å². The van der Waals surface area contributed by atoms with Crippen molar-refractivity contribution in [2.24, 2.45) is 5.16 Å². The summed E-state index contributed by atoms with van der Waals surface area (Å²) in [4.78, 5) is 72.0. The van der Waals surface area contributed by atoms with Crippen LogP contribution >= 0.6 is 34.4 Å². The van der Waals surface area contributed by atoms with Crippen LogP contribution in [0, 0.1) is 0 Å². The maximum absolute atomic E-state index is 14.8. The van der Waals surface area contributed by atoms with E-state index in [0.29, 0.717) is 21.5 Å². The number of rotatable bonds is 19. The van der Waals surface area contributed by atoms with E-state index in [0.717, 1.165) is 33.4 Å². The Morgan fingerprint density at radius 1 is 0.628 bits per heavy atom. The smallest absolute Gasteiger partial charge is 0.355 e. The van der Waals surface area contributed by atoms with E-state index in [2.05, 4.69) is 93.9 Å². The molecule has 0 bridgehead atoms. The number of amides is 2. The third-order valence-corrected chi connectivity index (χ3v) is 16.0. The summed E-state index contributed by atoms with van der Waals surface area (Å²) < 4.78 is 11.0. The first-order valence-electron chi connectivity index (χ1n) is 25.2. The van der Waals surface area contributed by atoms with Crippen molar-refractivity contribution in [3.8, 4) is 0 Å². The lowest BCUT2D eigenvalue weighted by molar-refractivity contribution is -0.159. The fourth-order valence-electron chi connectivity index (χ4n) is 9.63. The van der Waals surface area contributed by atoms with Crippen LogP contribution in [0.3, 0.4) is 0 Å². The molecule has 0 unspecified atom stereocenters. The highest BCUT2D eigenvalue weighted by atomic mass is 32.2. The molecule has 6 aromatic carbocycles. The number of aromatic nitrogens is 2. The number of hydrogen-bond donors (Lipinski definition) is 3. The van der Waals surface area contributed by atoms with Crippen molar-refractivity contribution in [3.63, 3.8) is 0 Å². The predicted octanol–water partition coefficient (Wildman–Crippen LogP) is 10.9. The molecule has 1 saturated heterocycles. The van der Waals surface area contributed by atoms with Gasteiger partial charge < -0.3 is 30.3 Å². The van der Waals surface area contributed by atoms with Gasteiger partial charge in [0.15, 0.2) is 22.6 Å². The van der Waals surface area contributed by atoms with E-state index >= 15 is 0 Å². The van der Waals surface area contributed by atoms with Crippen LogP contribution in [-0.2, 0) is 51.2 Å². The fourth-order valence-corrected chi connectivity index (χ4v) is 12.5. The first kappa shape index (κ1) is 53.0. The summed E-state index contributed by atoms with van der Waals surface area (Å²) in [5.41, 5.74) is 4.19. The Hall–Kier alpha value is -8.38. The van der Waals surface area contributed by atoms with Crippen LogP contribution in [-0.4, -0.2) is 73.7 Å². The second kappa shape index (κ2) is 23.1. The molecule has 0 radical (unpaired) electrons. The number of thioether (sulfide) groups is 1. The maximum Gasteiger partial charge on any atom is 0.355 e. The summed E-state index contributed by atoms with van der Waals surface area (Å²) in [5.74, 6) is -2.34. The molecule has 0 spiro atoms. The van der Waals surface area contributed by atoms with Crippen LogP contribution in [0.1, 0.15) is 72.5 Å². The lowest BCUT2D eigenvalue weighted by Gasteiger charge is -2.49. The lowest BCUT2D eigenvalue weighted by Crippen LogP contribution is -2.71. The number of hydrogen-bond acceptors (Lipinski definition) is 15. The van der Waals surface area contributed by atoms with E-state index in [1.54, 1.807) is 26.2 Å². The Morgan fingerprint density at radius 3 is 1.50 bits per heavy atom. The summed E-state index contributed by atoms with van der Waals surface area (Å²) in [6, 6.07) is 59.8. The number of nitrogens with zero attached hydrogens (tertiary/aromatic N) is 4. The van der Waals surface area contributed by atoms with Gasteiger partial charge in [0.2, 0.25) is 0 Å². The van der Waals surface area contributed by atoms with Gasteiger partial charge in [-0.1, -0.05) is 187 Å². The molecular formula is C61H55N7O7S3. The number of thiazole rings is 2.